The van der Waals surface area contributed by atoms with Crippen LogP contribution in [0.2, 0.25) is 5.02 Å². The fourth-order valence-electron chi connectivity index (χ4n) is 2.42. The molecule has 26 heavy (non-hydrogen) atoms. The van der Waals surface area contributed by atoms with E-state index in [9.17, 15) is 4.79 Å². The van der Waals surface area contributed by atoms with E-state index in [1.807, 2.05) is 38.1 Å². The highest BCUT2D eigenvalue weighted by Crippen LogP contribution is 2.25. The molecule has 0 saturated carbocycles. The minimum Gasteiger partial charge on any atom is -0.484 e. The van der Waals surface area contributed by atoms with Crippen molar-refractivity contribution in [1.82, 2.24) is 5.43 Å². The lowest BCUT2D eigenvalue weighted by atomic mass is 9.87. The predicted molar refractivity (Wildman–Crippen MR) is 107 cm³/mol. The van der Waals surface area contributed by atoms with E-state index in [0.717, 1.165) is 16.7 Å². The van der Waals surface area contributed by atoms with Crippen molar-refractivity contribution in [2.45, 2.75) is 40.0 Å². The number of nitrogens with zero attached hydrogens (tertiary/aromatic N) is 1. The third-order valence-corrected chi connectivity index (χ3v) is 4.56. The van der Waals surface area contributed by atoms with Crippen LogP contribution in [-0.2, 0) is 10.2 Å². The summed E-state index contributed by atoms with van der Waals surface area (Å²) < 4.78 is 5.50. The number of ether oxygens (including phenoxy) is 1. The molecular formula is C21H25ClN2O2. The van der Waals surface area contributed by atoms with Crippen LogP contribution in [0.1, 0.15) is 43.0 Å². The summed E-state index contributed by atoms with van der Waals surface area (Å²) in [6, 6.07) is 11.7. The topological polar surface area (TPSA) is 50.7 Å². The summed E-state index contributed by atoms with van der Waals surface area (Å²) in [4.78, 5) is 11.9. The van der Waals surface area contributed by atoms with Crippen molar-refractivity contribution >= 4 is 23.7 Å². The number of halogens is 1. The number of benzene rings is 2. The van der Waals surface area contributed by atoms with Gasteiger partial charge in [0, 0.05) is 5.02 Å². The molecule has 0 aliphatic heterocycles. The van der Waals surface area contributed by atoms with Crippen LogP contribution in [0.15, 0.2) is 41.5 Å². The van der Waals surface area contributed by atoms with Gasteiger partial charge in [-0.2, -0.15) is 5.10 Å². The fraction of sp³-hybridized carbons (Fsp3) is 0.333. The normalized spacial score (nSPS) is 11.6. The molecule has 0 bridgehead atoms. The number of hydrogen-bond acceptors (Lipinski definition) is 3. The standard InChI is InChI=1S/C21H25ClN2O2/c1-14-10-18(11-15(2)20(14)22)26-13-19(25)24-23-12-16-6-8-17(9-7-16)21(3,4)5/h6-12H,13H2,1-5H3,(H,24,25)/b23-12-. The Kier molecular flexibility index (Phi) is 6.43. The minimum atomic E-state index is -0.321. The van der Waals surface area contributed by atoms with E-state index >= 15 is 0 Å². The third-order valence-electron chi connectivity index (χ3n) is 3.96. The first kappa shape index (κ1) is 20.0. The largest absolute Gasteiger partial charge is 0.484 e. The number of carbonyl (C=O) groups is 1. The first-order valence-corrected chi connectivity index (χ1v) is 8.86. The van der Waals surface area contributed by atoms with E-state index in [4.69, 9.17) is 16.3 Å². The summed E-state index contributed by atoms with van der Waals surface area (Å²) in [6.07, 6.45) is 1.61. The zero-order valence-electron chi connectivity index (χ0n) is 15.9. The molecule has 1 N–H and O–H groups in total. The smallest absolute Gasteiger partial charge is 0.277 e. The number of amides is 1. The van der Waals surface area contributed by atoms with Gasteiger partial charge in [0.05, 0.1) is 6.21 Å². The van der Waals surface area contributed by atoms with Crippen molar-refractivity contribution in [2.24, 2.45) is 5.10 Å². The summed E-state index contributed by atoms with van der Waals surface area (Å²) in [5, 5.41) is 4.68. The number of rotatable bonds is 5. The Labute approximate surface area is 160 Å². The average Bonchev–Trinajstić information content (AvgIpc) is 2.57. The van der Waals surface area contributed by atoms with Gasteiger partial charge in [-0.25, -0.2) is 5.43 Å². The van der Waals surface area contributed by atoms with Crippen LogP contribution in [0, 0.1) is 13.8 Å². The number of nitrogens with one attached hydrogen (secondary N) is 1. The summed E-state index contributed by atoms with van der Waals surface area (Å²) in [6.45, 7) is 10.2. The van der Waals surface area contributed by atoms with Gasteiger partial charge in [-0.15, -0.1) is 0 Å². The summed E-state index contributed by atoms with van der Waals surface area (Å²) in [5.41, 5.74) is 6.58. The molecule has 1 amide bonds. The summed E-state index contributed by atoms with van der Waals surface area (Å²) in [7, 11) is 0. The molecule has 0 heterocycles. The molecule has 4 nitrogen and oxygen atoms in total. The molecule has 0 aliphatic rings. The second kappa shape index (κ2) is 8.37. The lowest BCUT2D eigenvalue weighted by Crippen LogP contribution is -2.24. The van der Waals surface area contributed by atoms with Crippen molar-refractivity contribution in [1.29, 1.82) is 0 Å². The summed E-state index contributed by atoms with van der Waals surface area (Å²) in [5.74, 6) is 0.291. The maximum atomic E-state index is 11.9. The first-order valence-electron chi connectivity index (χ1n) is 8.49. The molecular weight excluding hydrogens is 348 g/mol. The molecule has 0 unspecified atom stereocenters. The minimum absolute atomic E-state index is 0.110. The fourth-order valence-corrected chi connectivity index (χ4v) is 2.53. The molecule has 0 radical (unpaired) electrons. The molecule has 0 aromatic heterocycles. The van der Waals surface area contributed by atoms with Gasteiger partial charge in [-0.05, 0) is 53.6 Å². The van der Waals surface area contributed by atoms with E-state index in [1.165, 1.54) is 5.56 Å². The average molecular weight is 373 g/mol. The maximum Gasteiger partial charge on any atom is 0.277 e. The van der Waals surface area contributed by atoms with Crippen LogP contribution in [-0.4, -0.2) is 18.7 Å². The first-order chi connectivity index (χ1) is 12.2. The van der Waals surface area contributed by atoms with Crippen molar-refractivity contribution in [3.63, 3.8) is 0 Å². The molecule has 0 atom stereocenters. The molecule has 5 heteroatoms. The maximum absolute atomic E-state index is 11.9. The van der Waals surface area contributed by atoms with E-state index < -0.39 is 0 Å². The predicted octanol–water partition coefficient (Wildman–Crippen LogP) is 4.78. The Balaban J connectivity index is 1.86. The highest BCUT2D eigenvalue weighted by molar-refractivity contribution is 6.32. The third kappa shape index (κ3) is 5.60. The van der Waals surface area contributed by atoms with Gasteiger partial charge in [0.1, 0.15) is 5.75 Å². The Bertz CT molecular complexity index is 783. The lowest BCUT2D eigenvalue weighted by molar-refractivity contribution is -0.123. The zero-order chi connectivity index (χ0) is 19.3. The van der Waals surface area contributed by atoms with E-state index in [1.54, 1.807) is 6.21 Å². The zero-order valence-corrected chi connectivity index (χ0v) is 16.6. The number of carbonyl (C=O) groups excluding carboxylic acids is 1. The highest BCUT2D eigenvalue weighted by atomic mass is 35.5. The molecule has 2 rings (SSSR count). The van der Waals surface area contributed by atoms with Gasteiger partial charge in [0.15, 0.2) is 6.61 Å². The Hall–Kier alpha value is -2.33. The molecule has 2 aromatic rings. The molecule has 138 valence electrons. The van der Waals surface area contributed by atoms with E-state index in [-0.39, 0.29) is 17.9 Å². The lowest BCUT2D eigenvalue weighted by Gasteiger charge is -2.18. The van der Waals surface area contributed by atoms with E-state index in [2.05, 4.69) is 43.4 Å². The summed E-state index contributed by atoms with van der Waals surface area (Å²) >= 11 is 6.12. The van der Waals surface area contributed by atoms with Crippen LogP contribution in [0.3, 0.4) is 0 Å². The quantitative estimate of drug-likeness (QED) is 0.606. The highest BCUT2D eigenvalue weighted by Gasteiger charge is 2.12. The van der Waals surface area contributed by atoms with E-state index in [0.29, 0.717) is 10.8 Å². The van der Waals surface area contributed by atoms with Crippen molar-refractivity contribution in [3.05, 3.63) is 63.7 Å². The van der Waals surface area contributed by atoms with Crippen molar-refractivity contribution < 1.29 is 9.53 Å². The van der Waals surface area contributed by atoms with Crippen LogP contribution >= 0.6 is 11.6 Å². The van der Waals surface area contributed by atoms with Crippen molar-refractivity contribution in [3.8, 4) is 5.75 Å². The SMILES string of the molecule is Cc1cc(OCC(=O)N/N=C\c2ccc(C(C)(C)C)cc2)cc(C)c1Cl. The molecule has 0 fully saturated rings. The molecule has 0 spiro atoms. The van der Waals surface area contributed by atoms with Gasteiger partial charge in [-0.3, -0.25) is 4.79 Å². The van der Waals surface area contributed by atoms with Crippen LogP contribution in [0.25, 0.3) is 0 Å². The van der Waals surface area contributed by atoms with Gasteiger partial charge in [0.25, 0.3) is 5.91 Å². The Morgan fingerprint density at radius 2 is 1.73 bits per heavy atom. The Morgan fingerprint density at radius 3 is 2.27 bits per heavy atom. The van der Waals surface area contributed by atoms with Gasteiger partial charge in [0.2, 0.25) is 0 Å². The number of aryl methyl sites for hydroxylation is 2. The second-order valence-electron chi connectivity index (χ2n) is 7.32. The Morgan fingerprint density at radius 1 is 1.15 bits per heavy atom. The monoisotopic (exact) mass is 372 g/mol. The molecule has 0 saturated heterocycles. The van der Waals surface area contributed by atoms with Gasteiger partial charge in [-0.1, -0.05) is 56.6 Å². The van der Waals surface area contributed by atoms with Gasteiger partial charge >= 0.3 is 0 Å². The van der Waals surface area contributed by atoms with Crippen LogP contribution < -0.4 is 10.2 Å². The van der Waals surface area contributed by atoms with Crippen LogP contribution in [0.4, 0.5) is 0 Å². The van der Waals surface area contributed by atoms with Gasteiger partial charge < -0.3 is 4.74 Å². The molecule has 2 aromatic carbocycles. The van der Waals surface area contributed by atoms with Crippen LogP contribution in [0.5, 0.6) is 5.75 Å². The number of hydrazone groups is 1. The molecule has 0 aliphatic carbocycles. The number of hydrogen-bond donors (Lipinski definition) is 1. The van der Waals surface area contributed by atoms with Crippen molar-refractivity contribution in [2.75, 3.05) is 6.61 Å². The second-order valence-corrected chi connectivity index (χ2v) is 7.70.